The number of benzene rings is 2. The van der Waals surface area contributed by atoms with Crippen molar-refractivity contribution >= 4 is 51.4 Å². The van der Waals surface area contributed by atoms with Crippen LogP contribution in [0.25, 0.3) is 0 Å². The molecule has 2 nitrogen and oxygen atoms in total. The lowest BCUT2D eigenvalue weighted by atomic mass is 10.1. The van der Waals surface area contributed by atoms with Gasteiger partial charge in [-0.1, -0.05) is 53.0 Å². The van der Waals surface area contributed by atoms with Crippen molar-refractivity contribution in [3.8, 4) is 0 Å². The average molecular weight is 362 g/mol. The maximum Gasteiger partial charge on any atom is 0.175 e. The first kappa shape index (κ1) is 16.5. The van der Waals surface area contributed by atoms with Gasteiger partial charge in [-0.2, -0.15) is 0 Å². The minimum atomic E-state index is -1.33. The van der Waals surface area contributed by atoms with Crippen molar-refractivity contribution in [3.63, 3.8) is 0 Å². The number of hydrogen-bond acceptors (Lipinski definition) is 2. The van der Waals surface area contributed by atoms with Crippen molar-refractivity contribution in [2.45, 2.75) is 5.75 Å². The number of rotatable bonds is 5. The standard InChI is InChI=1S/C15H11Cl3O2S/c16-12-4-2-1-3-11(12)8-21(20)9-15(19)10-5-6-13(17)14(18)7-10/h1-7H,8-9H2. The van der Waals surface area contributed by atoms with Crippen LogP contribution >= 0.6 is 34.8 Å². The predicted octanol–water partition coefficient (Wildman–Crippen LogP) is 4.78. The third-order valence-corrected chi connectivity index (χ3v) is 5.13. The molecule has 21 heavy (non-hydrogen) atoms. The lowest BCUT2D eigenvalue weighted by Crippen LogP contribution is -2.12. The highest BCUT2D eigenvalue weighted by Crippen LogP contribution is 2.23. The summed E-state index contributed by atoms with van der Waals surface area (Å²) in [5.74, 6) is -0.0745. The number of carbonyl (C=O) groups excluding carboxylic acids is 1. The fraction of sp³-hybridized carbons (Fsp3) is 0.133. The van der Waals surface area contributed by atoms with Crippen LogP contribution < -0.4 is 0 Å². The van der Waals surface area contributed by atoms with Crippen molar-refractivity contribution < 1.29 is 9.00 Å². The van der Waals surface area contributed by atoms with Gasteiger partial charge >= 0.3 is 0 Å². The Morgan fingerprint density at radius 3 is 2.33 bits per heavy atom. The molecule has 0 aliphatic rings. The number of halogens is 3. The summed E-state index contributed by atoms with van der Waals surface area (Å²) >= 11 is 17.7. The lowest BCUT2D eigenvalue weighted by Gasteiger charge is -2.05. The van der Waals surface area contributed by atoms with Gasteiger partial charge in [-0.3, -0.25) is 9.00 Å². The zero-order chi connectivity index (χ0) is 15.4. The molecule has 2 rings (SSSR count). The smallest absolute Gasteiger partial charge is 0.175 e. The highest BCUT2D eigenvalue weighted by atomic mass is 35.5. The van der Waals surface area contributed by atoms with Gasteiger partial charge in [0.05, 0.1) is 21.6 Å². The molecule has 6 heteroatoms. The number of hydrogen-bond donors (Lipinski definition) is 0. The Morgan fingerprint density at radius 1 is 0.952 bits per heavy atom. The molecular formula is C15H11Cl3O2S. The van der Waals surface area contributed by atoms with Gasteiger partial charge in [0.15, 0.2) is 5.78 Å². The molecule has 0 N–H and O–H groups in total. The maximum absolute atomic E-state index is 12.1. The van der Waals surface area contributed by atoms with Gasteiger partial charge in [-0.15, -0.1) is 0 Å². The summed E-state index contributed by atoms with van der Waals surface area (Å²) in [6.45, 7) is 0. The molecular weight excluding hydrogens is 351 g/mol. The molecule has 0 amide bonds. The van der Waals surface area contributed by atoms with Crippen LogP contribution in [0.1, 0.15) is 15.9 Å². The minimum absolute atomic E-state index is 0.0802. The molecule has 0 radical (unpaired) electrons. The zero-order valence-electron chi connectivity index (χ0n) is 10.8. The fourth-order valence-electron chi connectivity index (χ4n) is 1.74. The largest absolute Gasteiger partial charge is 0.293 e. The van der Waals surface area contributed by atoms with Crippen LogP contribution in [0.3, 0.4) is 0 Å². The number of ketones is 1. The van der Waals surface area contributed by atoms with E-state index in [4.69, 9.17) is 34.8 Å². The molecule has 0 aliphatic carbocycles. The summed E-state index contributed by atoms with van der Waals surface area (Å²) < 4.78 is 12.1. The van der Waals surface area contributed by atoms with E-state index in [1.165, 1.54) is 6.07 Å². The van der Waals surface area contributed by atoms with Gasteiger partial charge in [-0.05, 0) is 29.8 Å². The molecule has 0 saturated carbocycles. The van der Waals surface area contributed by atoms with Crippen LogP contribution in [0.15, 0.2) is 42.5 Å². The maximum atomic E-state index is 12.1. The van der Waals surface area contributed by atoms with E-state index in [1.807, 2.05) is 6.07 Å². The third kappa shape index (κ3) is 4.55. The highest BCUT2D eigenvalue weighted by Gasteiger charge is 2.13. The second-order valence-electron chi connectivity index (χ2n) is 4.37. The van der Waals surface area contributed by atoms with Crippen LogP contribution in [0.4, 0.5) is 0 Å². The summed E-state index contributed by atoms with van der Waals surface area (Å²) in [7, 11) is -1.33. The van der Waals surface area contributed by atoms with E-state index < -0.39 is 10.8 Å². The van der Waals surface area contributed by atoms with Gasteiger partial charge in [0, 0.05) is 21.4 Å². The first-order valence-electron chi connectivity index (χ1n) is 6.04. The first-order chi connectivity index (χ1) is 9.97. The number of Topliss-reactive ketones (excluding diaryl/α,β-unsaturated/α-hetero) is 1. The Morgan fingerprint density at radius 2 is 1.67 bits per heavy atom. The van der Waals surface area contributed by atoms with Crippen LogP contribution in [0, 0.1) is 0 Å². The summed E-state index contributed by atoms with van der Waals surface area (Å²) in [5.41, 5.74) is 1.16. The average Bonchev–Trinajstić information content (AvgIpc) is 2.44. The molecule has 1 unspecified atom stereocenters. The number of carbonyl (C=O) groups is 1. The summed E-state index contributed by atoms with van der Waals surface area (Å²) in [6.07, 6.45) is 0. The summed E-state index contributed by atoms with van der Waals surface area (Å²) in [4.78, 5) is 12.1. The van der Waals surface area contributed by atoms with Crippen molar-refractivity contribution in [3.05, 3.63) is 68.7 Å². The van der Waals surface area contributed by atoms with Crippen LogP contribution in [-0.2, 0) is 16.6 Å². The van der Waals surface area contributed by atoms with E-state index in [-0.39, 0.29) is 17.3 Å². The normalized spacial score (nSPS) is 12.1. The molecule has 0 fully saturated rings. The van der Waals surface area contributed by atoms with Gasteiger partial charge in [0.25, 0.3) is 0 Å². The molecule has 110 valence electrons. The van der Waals surface area contributed by atoms with Crippen LogP contribution in [-0.4, -0.2) is 15.7 Å². The SMILES string of the molecule is O=C(CS(=O)Cc1ccccc1Cl)c1ccc(Cl)c(Cl)c1. The second kappa shape index (κ2) is 7.41. The van der Waals surface area contributed by atoms with E-state index in [1.54, 1.807) is 30.3 Å². The lowest BCUT2D eigenvalue weighted by molar-refractivity contribution is 0.102. The molecule has 1 atom stereocenters. The third-order valence-electron chi connectivity index (χ3n) is 2.81. The van der Waals surface area contributed by atoms with Gasteiger partial charge in [-0.25, -0.2) is 0 Å². The van der Waals surface area contributed by atoms with E-state index in [0.717, 1.165) is 5.56 Å². The van der Waals surface area contributed by atoms with Crippen LogP contribution in [0.5, 0.6) is 0 Å². The van der Waals surface area contributed by atoms with E-state index in [2.05, 4.69) is 0 Å². The van der Waals surface area contributed by atoms with Crippen molar-refractivity contribution in [2.24, 2.45) is 0 Å². The molecule has 0 spiro atoms. The van der Waals surface area contributed by atoms with Crippen molar-refractivity contribution in [2.75, 3.05) is 5.75 Å². The molecule has 0 heterocycles. The van der Waals surface area contributed by atoms with Gasteiger partial charge in [0.1, 0.15) is 0 Å². The zero-order valence-corrected chi connectivity index (χ0v) is 13.9. The quantitative estimate of drug-likeness (QED) is 0.718. The summed E-state index contributed by atoms with van der Waals surface area (Å²) in [6, 6.07) is 11.8. The Labute approximate surface area is 140 Å². The second-order valence-corrected chi connectivity index (χ2v) is 7.05. The molecule has 0 aromatic heterocycles. The van der Waals surface area contributed by atoms with Crippen LogP contribution in [0.2, 0.25) is 15.1 Å². The monoisotopic (exact) mass is 360 g/mol. The van der Waals surface area contributed by atoms with Crippen molar-refractivity contribution in [1.82, 2.24) is 0 Å². The molecule has 0 saturated heterocycles. The Balaban J connectivity index is 2.04. The highest BCUT2D eigenvalue weighted by molar-refractivity contribution is 7.85. The molecule has 0 aliphatic heterocycles. The first-order valence-corrected chi connectivity index (χ1v) is 8.66. The topological polar surface area (TPSA) is 34.1 Å². The summed E-state index contributed by atoms with van der Waals surface area (Å²) in [5, 5.41) is 1.23. The Kier molecular flexibility index (Phi) is 5.82. The Hall–Kier alpha value is -0.870. The molecule has 2 aromatic carbocycles. The van der Waals surface area contributed by atoms with Gasteiger partial charge in [0.2, 0.25) is 0 Å². The molecule has 2 aromatic rings. The van der Waals surface area contributed by atoms with E-state index in [0.29, 0.717) is 20.6 Å². The minimum Gasteiger partial charge on any atom is -0.293 e. The molecule has 0 bridgehead atoms. The van der Waals surface area contributed by atoms with Gasteiger partial charge < -0.3 is 0 Å². The van der Waals surface area contributed by atoms with E-state index >= 15 is 0 Å². The predicted molar refractivity (Wildman–Crippen MR) is 89.0 cm³/mol. The Bertz CT molecular complexity index is 701. The van der Waals surface area contributed by atoms with Crippen molar-refractivity contribution in [1.29, 1.82) is 0 Å². The van der Waals surface area contributed by atoms with E-state index in [9.17, 15) is 9.00 Å². The fourth-order valence-corrected chi connectivity index (χ4v) is 3.48.